The molecule has 0 spiro atoms. The Kier molecular flexibility index (Phi) is 6.61. The van der Waals surface area contributed by atoms with E-state index in [1.807, 2.05) is 12.3 Å². The highest BCUT2D eigenvalue weighted by Gasteiger charge is 2.04. The average molecular weight is 200 g/mol. The molecule has 1 atom stereocenters. The Balaban J connectivity index is 0.00000144. The first kappa shape index (κ1) is 12.4. The molecule has 0 radical (unpaired) electrons. The molecule has 0 bridgehead atoms. The maximum Gasteiger partial charge on any atom is 0.0431 e. The monoisotopic (exact) mass is 199 g/mol. The molecule has 0 N–H and O–H groups in total. The molecule has 0 aliphatic carbocycles. The lowest BCUT2D eigenvalue weighted by Gasteiger charge is -2.08. The van der Waals surface area contributed by atoms with E-state index in [0.717, 1.165) is 0 Å². The fraction of sp³-hybridized carbons (Fsp3) is 0.545. The quantitative estimate of drug-likeness (QED) is 0.719. The van der Waals surface area contributed by atoms with Crippen LogP contribution in [0.15, 0.2) is 24.4 Å². The van der Waals surface area contributed by atoms with Crippen LogP contribution < -0.4 is 0 Å². The van der Waals surface area contributed by atoms with E-state index in [2.05, 4.69) is 31.0 Å². The highest BCUT2D eigenvalue weighted by molar-refractivity contribution is 5.85. The van der Waals surface area contributed by atoms with Crippen molar-refractivity contribution in [2.45, 2.75) is 39.0 Å². The third-order valence-electron chi connectivity index (χ3n) is 2.18. The zero-order valence-electron chi connectivity index (χ0n) is 8.36. The molecule has 0 aromatic carbocycles. The average Bonchev–Trinajstić information content (AvgIpc) is 2.15. The summed E-state index contributed by atoms with van der Waals surface area (Å²) in [6.07, 6.45) is 5.71. The molecule has 74 valence electrons. The molecule has 1 nitrogen and oxygen atoms in total. The van der Waals surface area contributed by atoms with Gasteiger partial charge in [-0.1, -0.05) is 32.8 Å². The Labute approximate surface area is 87.0 Å². The van der Waals surface area contributed by atoms with Crippen LogP contribution in [0.2, 0.25) is 0 Å². The van der Waals surface area contributed by atoms with Gasteiger partial charge in [0.1, 0.15) is 0 Å². The molecule has 0 aliphatic heterocycles. The highest BCUT2D eigenvalue weighted by Crippen LogP contribution is 2.18. The Morgan fingerprint density at radius 1 is 1.38 bits per heavy atom. The van der Waals surface area contributed by atoms with Crippen molar-refractivity contribution in [3.8, 4) is 0 Å². The molecular formula is C11H18ClN. The van der Waals surface area contributed by atoms with E-state index < -0.39 is 0 Å². The van der Waals surface area contributed by atoms with Gasteiger partial charge in [-0.25, -0.2) is 0 Å². The van der Waals surface area contributed by atoms with Gasteiger partial charge in [0.2, 0.25) is 0 Å². The van der Waals surface area contributed by atoms with Crippen LogP contribution in [-0.2, 0) is 0 Å². The maximum atomic E-state index is 4.33. The Hall–Kier alpha value is -0.560. The summed E-state index contributed by atoms with van der Waals surface area (Å²) in [6, 6.07) is 6.14. The second-order valence-electron chi connectivity index (χ2n) is 3.30. The van der Waals surface area contributed by atoms with Gasteiger partial charge < -0.3 is 0 Å². The number of rotatable bonds is 4. The van der Waals surface area contributed by atoms with E-state index >= 15 is 0 Å². The van der Waals surface area contributed by atoms with Gasteiger partial charge >= 0.3 is 0 Å². The summed E-state index contributed by atoms with van der Waals surface area (Å²) in [5.74, 6) is 0.617. The van der Waals surface area contributed by atoms with Crippen LogP contribution in [-0.4, -0.2) is 4.98 Å². The number of aromatic nitrogens is 1. The normalized spacial score (nSPS) is 11.8. The van der Waals surface area contributed by atoms with Crippen LogP contribution in [0.25, 0.3) is 0 Å². The van der Waals surface area contributed by atoms with Crippen molar-refractivity contribution in [3.63, 3.8) is 0 Å². The lowest BCUT2D eigenvalue weighted by atomic mass is 10.0. The maximum absolute atomic E-state index is 4.33. The molecule has 1 rings (SSSR count). The van der Waals surface area contributed by atoms with Gasteiger partial charge in [-0.2, -0.15) is 0 Å². The van der Waals surface area contributed by atoms with E-state index in [9.17, 15) is 0 Å². The molecule has 13 heavy (non-hydrogen) atoms. The van der Waals surface area contributed by atoms with E-state index in [1.54, 1.807) is 0 Å². The second kappa shape index (κ2) is 6.90. The summed E-state index contributed by atoms with van der Waals surface area (Å²) in [7, 11) is 0. The zero-order valence-corrected chi connectivity index (χ0v) is 9.18. The van der Waals surface area contributed by atoms with Crippen LogP contribution in [0.5, 0.6) is 0 Å². The molecular weight excluding hydrogens is 182 g/mol. The smallest absolute Gasteiger partial charge is 0.0431 e. The van der Waals surface area contributed by atoms with Gasteiger partial charge in [-0.15, -0.1) is 12.4 Å². The lowest BCUT2D eigenvalue weighted by Crippen LogP contribution is -1.95. The van der Waals surface area contributed by atoms with Gasteiger partial charge in [0.05, 0.1) is 0 Å². The van der Waals surface area contributed by atoms with Gasteiger partial charge in [0.15, 0.2) is 0 Å². The summed E-state index contributed by atoms with van der Waals surface area (Å²) in [5.41, 5.74) is 1.23. The summed E-state index contributed by atoms with van der Waals surface area (Å²) >= 11 is 0. The summed E-state index contributed by atoms with van der Waals surface area (Å²) in [4.78, 5) is 4.33. The van der Waals surface area contributed by atoms with Crippen molar-refractivity contribution in [2.75, 3.05) is 0 Å². The summed E-state index contributed by atoms with van der Waals surface area (Å²) in [5, 5.41) is 0. The zero-order chi connectivity index (χ0) is 8.81. The number of hydrogen-bond acceptors (Lipinski definition) is 1. The van der Waals surface area contributed by atoms with Crippen molar-refractivity contribution in [1.82, 2.24) is 4.98 Å². The molecule has 2 heteroatoms. The number of pyridine rings is 1. The van der Waals surface area contributed by atoms with Gasteiger partial charge in [0, 0.05) is 11.9 Å². The number of unbranched alkanes of at least 4 members (excludes halogenated alkanes) is 1. The van der Waals surface area contributed by atoms with Crippen molar-refractivity contribution in [1.29, 1.82) is 0 Å². The Bertz CT molecular complexity index is 211. The van der Waals surface area contributed by atoms with E-state index in [0.29, 0.717) is 5.92 Å². The highest BCUT2D eigenvalue weighted by atomic mass is 35.5. The molecule has 1 aromatic heterocycles. The minimum absolute atomic E-state index is 0. The molecule has 1 heterocycles. The third-order valence-corrected chi connectivity index (χ3v) is 2.18. The van der Waals surface area contributed by atoms with Gasteiger partial charge in [0.25, 0.3) is 0 Å². The molecule has 1 unspecified atom stereocenters. The van der Waals surface area contributed by atoms with Crippen molar-refractivity contribution < 1.29 is 0 Å². The predicted molar refractivity (Wildman–Crippen MR) is 59.4 cm³/mol. The SMILES string of the molecule is CCCCC(C)c1ccccn1.Cl. The minimum atomic E-state index is 0. The fourth-order valence-electron chi connectivity index (χ4n) is 1.33. The molecule has 0 fully saturated rings. The van der Waals surface area contributed by atoms with Crippen LogP contribution >= 0.6 is 12.4 Å². The van der Waals surface area contributed by atoms with Gasteiger partial charge in [-0.05, 0) is 24.5 Å². The summed E-state index contributed by atoms with van der Waals surface area (Å²) in [6.45, 7) is 4.48. The molecule has 1 aromatic rings. The topological polar surface area (TPSA) is 12.9 Å². The Morgan fingerprint density at radius 2 is 2.15 bits per heavy atom. The number of hydrogen-bond donors (Lipinski definition) is 0. The third kappa shape index (κ3) is 4.28. The van der Waals surface area contributed by atoms with E-state index in [4.69, 9.17) is 0 Å². The number of halogens is 1. The van der Waals surface area contributed by atoms with Crippen LogP contribution in [0.1, 0.15) is 44.7 Å². The minimum Gasteiger partial charge on any atom is -0.261 e. The van der Waals surface area contributed by atoms with Crippen LogP contribution in [0.3, 0.4) is 0 Å². The number of nitrogens with zero attached hydrogens (tertiary/aromatic N) is 1. The molecule has 0 aliphatic rings. The van der Waals surface area contributed by atoms with Crippen LogP contribution in [0.4, 0.5) is 0 Å². The van der Waals surface area contributed by atoms with Crippen molar-refractivity contribution >= 4 is 12.4 Å². The lowest BCUT2D eigenvalue weighted by molar-refractivity contribution is 0.611. The predicted octanol–water partition coefficient (Wildman–Crippen LogP) is 3.80. The largest absolute Gasteiger partial charge is 0.261 e. The summed E-state index contributed by atoms with van der Waals surface area (Å²) < 4.78 is 0. The fourth-order valence-corrected chi connectivity index (χ4v) is 1.33. The van der Waals surface area contributed by atoms with E-state index in [-0.39, 0.29) is 12.4 Å². The molecule has 0 saturated heterocycles. The van der Waals surface area contributed by atoms with Crippen molar-refractivity contribution in [3.05, 3.63) is 30.1 Å². The Morgan fingerprint density at radius 3 is 2.69 bits per heavy atom. The first-order valence-corrected chi connectivity index (χ1v) is 4.75. The van der Waals surface area contributed by atoms with Crippen LogP contribution in [0, 0.1) is 0 Å². The van der Waals surface area contributed by atoms with Crippen molar-refractivity contribution in [2.24, 2.45) is 0 Å². The first-order valence-electron chi connectivity index (χ1n) is 4.75. The first-order chi connectivity index (χ1) is 5.84. The second-order valence-corrected chi connectivity index (χ2v) is 3.30. The molecule has 0 amide bonds. The molecule has 0 saturated carbocycles. The van der Waals surface area contributed by atoms with E-state index in [1.165, 1.54) is 25.0 Å². The van der Waals surface area contributed by atoms with Gasteiger partial charge in [-0.3, -0.25) is 4.98 Å². The standard InChI is InChI=1S/C11H17N.ClH/c1-3-4-7-10(2)11-8-5-6-9-12-11;/h5-6,8-10H,3-4,7H2,1-2H3;1H.